The molecular weight excluding hydrogens is 507 g/mol. The largest absolute Gasteiger partial charge is 0.508 e. The molecule has 2 bridgehead atoms. The van der Waals surface area contributed by atoms with Crippen molar-refractivity contribution in [2.24, 2.45) is 0 Å². The molecule has 3 aliphatic heterocycles. The Kier molecular flexibility index (Phi) is 6.17. The summed E-state index contributed by atoms with van der Waals surface area (Å²) in [5.74, 6) is 2.82. The zero-order valence-corrected chi connectivity index (χ0v) is 22.4. The normalized spacial score (nSPS) is 22.7. The van der Waals surface area contributed by atoms with Crippen molar-refractivity contribution in [3.05, 3.63) is 47.9 Å². The molecule has 4 aromatic rings. The van der Waals surface area contributed by atoms with Crippen LogP contribution in [0, 0.1) is 18.2 Å². The Morgan fingerprint density at radius 3 is 2.73 bits per heavy atom. The maximum absolute atomic E-state index is 14.7. The molecule has 0 spiro atoms. The van der Waals surface area contributed by atoms with Crippen molar-refractivity contribution < 1.29 is 14.2 Å². The molecule has 3 saturated heterocycles. The van der Waals surface area contributed by atoms with Gasteiger partial charge in [-0.15, -0.1) is 6.42 Å². The number of piperazine rings is 1. The fourth-order valence-electron chi connectivity index (χ4n) is 6.54. The van der Waals surface area contributed by atoms with Gasteiger partial charge in [-0.25, -0.2) is 4.39 Å². The van der Waals surface area contributed by atoms with Crippen LogP contribution in [0.25, 0.3) is 32.9 Å². The highest BCUT2D eigenvalue weighted by Gasteiger charge is 2.34. The standard InChI is InChI=1S/C31H31FN6O2/c1-3-24-26(32)9-6-18-11-23(39)13-25(28(18)24)19-12-27-29(33-14-19)30(38-15-20-7-8-21(16-38)34-20)36-31(35-27)40-17-22-5-4-10-37(22)2/h1,6,9,11-14,20-22,34,39H,4-5,7-8,10,15-17H2,2H3/t20?,21?,22-/m0/s1. The van der Waals surface area contributed by atoms with Gasteiger partial charge >= 0.3 is 6.01 Å². The van der Waals surface area contributed by atoms with Crippen LogP contribution < -0.4 is 15.0 Å². The van der Waals surface area contributed by atoms with Gasteiger partial charge < -0.3 is 25.0 Å². The van der Waals surface area contributed by atoms with Crippen LogP contribution in [0.1, 0.15) is 31.2 Å². The van der Waals surface area contributed by atoms with Crippen molar-refractivity contribution in [3.8, 4) is 35.2 Å². The van der Waals surface area contributed by atoms with Gasteiger partial charge in [-0.3, -0.25) is 4.98 Å². The van der Waals surface area contributed by atoms with Gasteiger partial charge in [0.25, 0.3) is 0 Å². The summed E-state index contributed by atoms with van der Waals surface area (Å²) in [7, 11) is 2.12. The summed E-state index contributed by atoms with van der Waals surface area (Å²) in [6.07, 6.45) is 12.0. The molecule has 7 rings (SSSR count). The summed E-state index contributed by atoms with van der Waals surface area (Å²) < 4.78 is 20.9. The number of phenols is 1. The molecular formula is C31H31FN6O2. The first-order valence-corrected chi connectivity index (χ1v) is 13.9. The number of hydrogen-bond acceptors (Lipinski definition) is 8. The molecule has 9 heteroatoms. The number of anilines is 1. The SMILES string of the molecule is C#Cc1c(F)ccc2cc(O)cc(-c3cnc4c(N5CC6CCC(C5)N6)nc(OC[C@@H]5CCCN5C)nc4c3)c12. The van der Waals surface area contributed by atoms with Gasteiger partial charge in [0.1, 0.15) is 23.7 Å². The third-order valence-electron chi connectivity index (χ3n) is 8.60. The Labute approximate surface area is 232 Å². The maximum atomic E-state index is 14.7. The van der Waals surface area contributed by atoms with Gasteiger partial charge in [0.05, 0.1) is 11.1 Å². The van der Waals surface area contributed by atoms with Crippen molar-refractivity contribution in [1.29, 1.82) is 0 Å². The molecule has 2 unspecified atom stereocenters. The van der Waals surface area contributed by atoms with Gasteiger partial charge in [-0.1, -0.05) is 12.0 Å². The van der Waals surface area contributed by atoms with E-state index in [0.717, 1.165) is 51.1 Å². The molecule has 204 valence electrons. The van der Waals surface area contributed by atoms with E-state index in [1.807, 2.05) is 6.07 Å². The van der Waals surface area contributed by atoms with Crippen molar-refractivity contribution in [2.45, 2.75) is 43.8 Å². The molecule has 0 radical (unpaired) electrons. The summed E-state index contributed by atoms with van der Waals surface area (Å²) in [4.78, 5) is 19.1. The quantitative estimate of drug-likeness (QED) is 0.368. The number of ether oxygens (including phenoxy) is 1. The van der Waals surface area contributed by atoms with Gasteiger partial charge in [0, 0.05) is 48.4 Å². The second-order valence-electron chi connectivity index (χ2n) is 11.2. The second kappa shape index (κ2) is 9.88. The Morgan fingerprint density at radius 1 is 1.15 bits per heavy atom. The van der Waals surface area contributed by atoms with E-state index in [4.69, 9.17) is 26.1 Å². The predicted octanol–water partition coefficient (Wildman–Crippen LogP) is 4.08. The molecule has 2 aromatic carbocycles. The average molecular weight is 539 g/mol. The number of rotatable bonds is 5. The Balaban J connectivity index is 1.35. The number of aromatic hydroxyl groups is 1. The fourth-order valence-corrected chi connectivity index (χ4v) is 6.54. The molecule has 3 aliphatic rings. The molecule has 2 N–H and O–H groups in total. The van der Waals surface area contributed by atoms with E-state index in [1.165, 1.54) is 6.07 Å². The average Bonchev–Trinajstić information content (AvgIpc) is 3.53. The molecule has 40 heavy (non-hydrogen) atoms. The number of halogens is 1. The molecule has 8 nitrogen and oxygen atoms in total. The second-order valence-corrected chi connectivity index (χ2v) is 11.2. The Morgan fingerprint density at radius 2 is 1.98 bits per heavy atom. The lowest BCUT2D eigenvalue weighted by Gasteiger charge is -2.34. The van der Waals surface area contributed by atoms with E-state index in [-0.39, 0.29) is 11.3 Å². The number of terminal acetylenes is 1. The number of hydrogen-bond donors (Lipinski definition) is 2. The lowest BCUT2D eigenvalue weighted by molar-refractivity contribution is 0.188. The number of likely N-dealkylation sites (tertiary alicyclic amines) is 1. The molecule has 3 atom stereocenters. The van der Waals surface area contributed by atoms with Crippen LogP contribution in [0.3, 0.4) is 0 Å². The molecule has 0 saturated carbocycles. The molecule has 2 aromatic heterocycles. The summed E-state index contributed by atoms with van der Waals surface area (Å²) in [5.41, 5.74) is 2.72. The molecule has 3 fully saturated rings. The third-order valence-corrected chi connectivity index (χ3v) is 8.60. The zero-order chi connectivity index (χ0) is 27.4. The highest BCUT2D eigenvalue weighted by Crippen LogP contribution is 2.37. The number of fused-ring (bicyclic) bond motifs is 4. The van der Waals surface area contributed by atoms with Crippen molar-refractivity contribution >= 4 is 27.6 Å². The number of pyridine rings is 1. The molecule has 5 heterocycles. The lowest BCUT2D eigenvalue weighted by atomic mass is 9.94. The number of benzene rings is 2. The smallest absolute Gasteiger partial charge is 0.319 e. The van der Waals surface area contributed by atoms with Crippen molar-refractivity contribution in [3.63, 3.8) is 0 Å². The van der Waals surface area contributed by atoms with E-state index in [0.29, 0.717) is 63.7 Å². The summed E-state index contributed by atoms with van der Waals surface area (Å²) in [6.45, 7) is 3.27. The lowest BCUT2D eigenvalue weighted by Crippen LogP contribution is -2.51. The summed E-state index contributed by atoms with van der Waals surface area (Å²) in [6, 6.07) is 9.53. The van der Waals surface area contributed by atoms with E-state index >= 15 is 0 Å². The van der Waals surface area contributed by atoms with Gasteiger partial charge in [-0.05, 0) is 74.5 Å². The van der Waals surface area contributed by atoms with Crippen LogP contribution in [-0.2, 0) is 0 Å². The maximum Gasteiger partial charge on any atom is 0.319 e. The monoisotopic (exact) mass is 538 g/mol. The summed E-state index contributed by atoms with van der Waals surface area (Å²) in [5, 5.41) is 15.4. The topological polar surface area (TPSA) is 86.6 Å². The van der Waals surface area contributed by atoms with Crippen LogP contribution in [0.5, 0.6) is 11.8 Å². The van der Waals surface area contributed by atoms with Crippen molar-refractivity contribution in [1.82, 2.24) is 25.2 Å². The van der Waals surface area contributed by atoms with E-state index < -0.39 is 5.82 Å². The van der Waals surface area contributed by atoms with Gasteiger partial charge in [-0.2, -0.15) is 9.97 Å². The van der Waals surface area contributed by atoms with Crippen LogP contribution >= 0.6 is 0 Å². The first kappa shape index (κ1) is 25.0. The minimum absolute atomic E-state index is 0.0570. The Bertz CT molecular complexity index is 1660. The number of nitrogens with one attached hydrogen (secondary N) is 1. The summed E-state index contributed by atoms with van der Waals surface area (Å²) >= 11 is 0. The minimum Gasteiger partial charge on any atom is -0.508 e. The van der Waals surface area contributed by atoms with Crippen LogP contribution in [0.15, 0.2) is 36.5 Å². The number of aromatic nitrogens is 3. The Hall–Kier alpha value is -4.00. The first-order valence-electron chi connectivity index (χ1n) is 13.9. The zero-order valence-electron chi connectivity index (χ0n) is 22.4. The third kappa shape index (κ3) is 4.37. The number of phenolic OH excluding ortho intramolecular Hbond substituents is 1. The molecule has 0 amide bonds. The van der Waals surface area contributed by atoms with Gasteiger partial charge in [0.15, 0.2) is 5.82 Å². The van der Waals surface area contributed by atoms with E-state index in [2.05, 4.69) is 28.1 Å². The number of nitrogens with zero attached hydrogens (tertiary/aromatic N) is 5. The number of likely N-dealkylation sites (N-methyl/N-ethyl adjacent to an activating group) is 1. The van der Waals surface area contributed by atoms with Crippen molar-refractivity contribution in [2.75, 3.05) is 38.2 Å². The van der Waals surface area contributed by atoms with Crippen LogP contribution in [0.4, 0.5) is 10.2 Å². The predicted molar refractivity (Wildman–Crippen MR) is 153 cm³/mol. The molecule has 0 aliphatic carbocycles. The first-order chi connectivity index (χ1) is 19.5. The fraction of sp³-hybridized carbons (Fsp3) is 0.387. The van der Waals surface area contributed by atoms with E-state index in [9.17, 15) is 9.50 Å². The van der Waals surface area contributed by atoms with Crippen LogP contribution in [0.2, 0.25) is 0 Å². The highest BCUT2D eigenvalue weighted by atomic mass is 19.1. The minimum atomic E-state index is -0.485. The highest BCUT2D eigenvalue weighted by molar-refractivity contribution is 6.03. The van der Waals surface area contributed by atoms with E-state index in [1.54, 1.807) is 24.4 Å². The van der Waals surface area contributed by atoms with Crippen LogP contribution in [-0.4, -0.2) is 76.4 Å². The van der Waals surface area contributed by atoms with Gasteiger partial charge in [0.2, 0.25) is 0 Å².